The molecule has 2 aromatic carbocycles. The van der Waals surface area contributed by atoms with E-state index in [1.807, 2.05) is 24.3 Å². The Labute approximate surface area is 142 Å². The second-order valence-corrected chi connectivity index (χ2v) is 6.28. The summed E-state index contributed by atoms with van der Waals surface area (Å²) in [5, 5.41) is 22.0. The Balaban J connectivity index is 1.63. The number of hydrogen-bond donors (Lipinski definition) is 0. The van der Waals surface area contributed by atoms with Crippen LogP contribution in [0.2, 0.25) is 0 Å². The van der Waals surface area contributed by atoms with Crippen LogP contribution in [0.3, 0.4) is 0 Å². The van der Waals surface area contributed by atoms with E-state index < -0.39 is 27.1 Å². The first-order valence-corrected chi connectivity index (χ1v) is 7.79. The number of fused-ring (bicyclic) bond motifs is 2. The summed E-state index contributed by atoms with van der Waals surface area (Å²) in [6, 6.07) is 11.2. The molecule has 8 nitrogen and oxygen atoms in total. The van der Waals surface area contributed by atoms with Crippen LogP contribution >= 0.6 is 0 Å². The van der Waals surface area contributed by atoms with E-state index in [4.69, 9.17) is 0 Å². The lowest BCUT2D eigenvalue weighted by Crippen LogP contribution is -2.16. The first-order chi connectivity index (χ1) is 12.0. The molecule has 0 N–H and O–H groups in total. The summed E-state index contributed by atoms with van der Waals surface area (Å²) in [7, 11) is 0. The van der Waals surface area contributed by atoms with Crippen molar-refractivity contribution in [2.75, 3.05) is 0 Å². The van der Waals surface area contributed by atoms with Gasteiger partial charge in [-0.15, -0.1) is 0 Å². The molecule has 8 heteroatoms. The van der Waals surface area contributed by atoms with E-state index in [2.05, 4.69) is 0 Å². The van der Waals surface area contributed by atoms with E-state index in [-0.39, 0.29) is 17.6 Å². The molecule has 0 unspecified atom stereocenters. The van der Waals surface area contributed by atoms with Crippen molar-refractivity contribution in [2.45, 2.75) is 24.9 Å². The first kappa shape index (κ1) is 15.3. The Morgan fingerprint density at radius 3 is 1.84 bits per heavy atom. The predicted octanol–water partition coefficient (Wildman–Crippen LogP) is 2.49. The van der Waals surface area contributed by atoms with E-state index in [1.165, 1.54) is 11.1 Å². The standard InChI is InChI=1S/C17H13N3O5/c21-17(12-5-13(19(22)23)9-14(6-12)20(24)25)18-15-7-10-3-1-2-4-11(10)8-16(15)18/h1-6,9,15-16H,7-8H2/t15-,16+,18?. The maximum atomic E-state index is 12.8. The van der Waals surface area contributed by atoms with Crippen molar-refractivity contribution in [3.05, 3.63) is 79.4 Å². The predicted molar refractivity (Wildman–Crippen MR) is 87.3 cm³/mol. The van der Waals surface area contributed by atoms with Gasteiger partial charge in [-0.05, 0) is 24.0 Å². The fourth-order valence-electron chi connectivity index (χ4n) is 3.59. The van der Waals surface area contributed by atoms with Crippen molar-refractivity contribution < 1.29 is 14.6 Å². The molecule has 2 atom stereocenters. The molecule has 2 aromatic rings. The average molecular weight is 339 g/mol. The molecule has 4 rings (SSSR count). The molecule has 1 aliphatic heterocycles. The van der Waals surface area contributed by atoms with Crippen LogP contribution in [0.4, 0.5) is 11.4 Å². The van der Waals surface area contributed by atoms with Gasteiger partial charge < -0.3 is 4.90 Å². The van der Waals surface area contributed by atoms with Gasteiger partial charge in [0.2, 0.25) is 0 Å². The minimum absolute atomic E-state index is 0.0145. The molecule has 1 aliphatic carbocycles. The molecule has 2 aliphatic rings. The van der Waals surface area contributed by atoms with Gasteiger partial charge in [0.05, 0.1) is 33.6 Å². The highest BCUT2D eigenvalue weighted by Crippen LogP contribution is 2.41. The molecule has 1 heterocycles. The highest BCUT2D eigenvalue weighted by atomic mass is 16.6. The molecule has 0 spiro atoms. The topological polar surface area (TPSA) is 106 Å². The SMILES string of the molecule is O=C(c1cc([N+](=O)[O-])cc([N+](=O)[O-])c1)N1[C@@H]2Cc3ccccc3C[C@@H]21. The fourth-order valence-corrected chi connectivity index (χ4v) is 3.59. The minimum atomic E-state index is -0.727. The average Bonchev–Trinajstić information content (AvgIpc) is 3.31. The summed E-state index contributed by atoms with van der Waals surface area (Å²) < 4.78 is 0. The number of non-ortho nitro benzene ring substituents is 2. The van der Waals surface area contributed by atoms with Crippen molar-refractivity contribution >= 4 is 17.3 Å². The van der Waals surface area contributed by atoms with E-state index in [9.17, 15) is 25.0 Å². The molecule has 25 heavy (non-hydrogen) atoms. The smallest absolute Gasteiger partial charge is 0.277 e. The number of amides is 1. The van der Waals surface area contributed by atoms with Gasteiger partial charge in [-0.2, -0.15) is 0 Å². The van der Waals surface area contributed by atoms with Crippen LogP contribution < -0.4 is 0 Å². The van der Waals surface area contributed by atoms with Crippen molar-refractivity contribution in [1.82, 2.24) is 4.90 Å². The molecule has 1 amide bonds. The number of hydrogen-bond acceptors (Lipinski definition) is 5. The lowest BCUT2D eigenvalue weighted by Gasteiger charge is -2.11. The van der Waals surface area contributed by atoms with E-state index in [0.29, 0.717) is 0 Å². The Bertz CT molecular complexity index is 863. The summed E-state index contributed by atoms with van der Waals surface area (Å²) >= 11 is 0. The molecule has 1 fully saturated rings. The number of carbonyl (C=O) groups is 1. The third-order valence-corrected chi connectivity index (χ3v) is 4.85. The van der Waals surface area contributed by atoms with Crippen LogP contribution in [0.1, 0.15) is 21.5 Å². The third-order valence-electron chi connectivity index (χ3n) is 4.85. The van der Waals surface area contributed by atoms with Gasteiger partial charge in [-0.25, -0.2) is 0 Å². The number of carbonyl (C=O) groups excluding carboxylic acids is 1. The number of rotatable bonds is 3. The van der Waals surface area contributed by atoms with E-state index in [0.717, 1.165) is 31.0 Å². The second kappa shape index (κ2) is 5.37. The first-order valence-electron chi connectivity index (χ1n) is 7.79. The maximum absolute atomic E-state index is 12.8. The quantitative estimate of drug-likeness (QED) is 0.485. The van der Waals surface area contributed by atoms with Crippen molar-refractivity contribution in [3.8, 4) is 0 Å². The molecular weight excluding hydrogens is 326 g/mol. The third kappa shape index (κ3) is 2.51. The molecule has 126 valence electrons. The van der Waals surface area contributed by atoms with E-state index >= 15 is 0 Å². The summed E-state index contributed by atoms with van der Waals surface area (Å²) in [5.41, 5.74) is 1.48. The largest absolute Gasteiger partial charge is 0.328 e. The maximum Gasteiger partial charge on any atom is 0.277 e. The van der Waals surface area contributed by atoms with Gasteiger partial charge in [0.15, 0.2) is 0 Å². The second-order valence-electron chi connectivity index (χ2n) is 6.28. The van der Waals surface area contributed by atoms with Crippen LogP contribution in [0.25, 0.3) is 0 Å². The number of nitro benzene ring substituents is 2. The zero-order valence-corrected chi connectivity index (χ0v) is 13.0. The summed E-state index contributed by atoms with van der Waals surface area (Å²) in [5.74, 6) is -0.394. The van der Waals surface area contributed by atoms with Crippen LogP contribution in [0.15, 0.2) is 42.5 Å². The highest BCUT2D eigenvalue weighted by Gasteiger charge is 2.53. The Morgan fingerprint density at radius 2 is 1.40 bits per heavy atom. The monoisotopic (exact) mass is 339 g/mol. The zero-order valence-electron chi connectivity index (χ0n) is 13.0. The lowest BCUT2D eigenvalue weighted by molar-refractivity contribution is -0.394. The van der Waals surface area contributed by atoms with Gasteiger partial charge >= 0.3 is 0 Å². The van der Waals surface area contributed by atoms with Gasteiger partial charge in [0, 0.05) is 12.1 Å². The summed E-state index contributed by atoms with van der Waals surface area (Å²) in [6.07, 6.45) is 1.48. The van der Waals surface area contributed by atoms with Crippen LogP contribution in [-0.4, -0.2) is 32.7 Å². The molecule has 0 bridgehead atoms. The van der Waals surface area contributed by atoms with Crippen molar-refractivity contribution in [3.63, 3.8) is 0 Å². The lowest BCUT2D eigenvalue weighted by atomic mass is 9.92. The molecule has 1 saturated heterocycles. The van der Waals surface area contributed by atoms with Crippen LogP contribution in [0.5, 0.6) is 0 Å². The number of nitrogens with zero attached hydrogens (tertiary/aromatic N) is 3. The zero-order chi connectivity index (χ0) is 17.7. The van der Waals surface area contributed by atoms with Crippen LogP contribution in [0, 0.1) is 20.2 Å². The number of nitro groups is 2. The van der Waals surface area contributed by atoms with Gasteiger partial charge in [-0.1, -0.05) is 24.3 Å². The van der Waals surface area contributed by atoms with E-state index in [1.54, 1.807) is 4.90 Å². The molecule has 0 radical (unpaired) electrons. The fraction of sp³-hybridized carbons (Fsp3) is 0.235. The summed E-state index contributed by atoms with van der Waals surface area (Å²) in [4.78, 5) is 35.0. The van der Waals surface area contributed by atoms with Crippen molar-refractivity contribution in [2.24, 2.45) is 0 Å². The molecular formula is C17H13N3O5. The highest BCUT2D eigenvalue weighted by molar-refractivity contribution is 5.98. The van der Waals surface area contributed by atoms with Crippen molar-refractivity contribution in [1.29, 1.82) is 0 Å². The van der Waals surface area contributed by atoms with Gasteiger partial charge in [-0.3, -0.25) is 25.0 Å². The van der Waals surface area contributed by atoms with Gasteiger partial charge in [0.1, 0.15) is 0 Å². The Hall–Kier alpha value is -3.29. The van der Waals surface area contributed by atoms with Crippen LogP contribution in [-0.2, 0) is 12.8 Å². The summed E-state index contributed by atoms with van der Waals surface area (Å²) in [6.45, 7) is 0. The van der Waals surface area contributed by atoms with Gasteiger partial charge in [0.25, 0.3) is 17.3 Å². The molecule has 0 aromatic heterocycles. The molecule has 0 saturated carbocycles. The number of benzene rings is 2. The Kier molecular flexibility index (Phi) is 3.28. The minimum Gasteiger partial charge on any atom is -0.328 e. The Morgan fingerprint density at radius 1 is 0.920 bits per heavy atom. The normalized spacial score (nSPS) is 20.4.